The molecule has 0 aliphatic heterocycles. The molecule has 0 aliphatic rings. The number of nitrogens with one attached hydrogen (secondary N) is 1. The lowest BCUT2D eigenvalue weighted by molar-refractivity contribution is 0.397. The third-order valence-corrected chi connectivity index (χ3v) is 2.42. The van der Waals surface area contributed by atoms with Crippen molar-refractivity contribution in [2.75, 3.05) is 18.2 Å². The molecule has 0 radical (unpaired) electrons. The molecular weight excluding hydrogens is 214 g/mol. The molecule has 88 valence electrons. The average molecular weight is 229 g/mol. The van der Waals surface area contributed by atoms with Crippen molar-refractivity contribution in [3.8, 4) is 5.88 Å². The van der Waals surface area contributed by atoms with Gasteiger partial charge in [-0.05, 0) is 35.9 Å². The van der Waals surface area contributed by atoms with Gasteiger partial charge in [-0.3, -0.25) is 0 Å². The number of aromatic nitrogens is 1. The molecule has 0 bridgehead atoms. The fourth-order valence-electron chi connectivity index (χ4n) is 1.48. The van der Waals surface area contributed by atoms with Gasteiger partial charge in [0.05, 0.1) is 7.11 Å². The maximum atomic E-state index is 5.62. The van der Waals surface area contributed by atoms with Crippen LogP contribution in [0.5, 0.6) is 5.88 Å². The van der Waals surface area contributed by atoms with Gasteiger partial charge in [0.15, 0.2) is 0 Å². The molecule has 0 amide bonds. The summed E-state index contributed by atoms with van der Waals surface area (Å²) >= 11 is 0. The Labute approximate surface area is 100 Å². The van der Waals surface area contributed by atoms with Gasteiger partial charge in [-0.25, -0.2) is 4.98 Å². The van der Waals surface area contributed by atoms with E-state index >= 15 is 0 Å². The SMILES string of the molecule is COc1cc(CNc2ccc(N)cc2)ccn1. The minimum atomic E-state index is 0.626. The number of nitrogen functional groups attached to an aromatic ring is 1. The van der Waals surface area contributed by atoms with Gasteiger partial charge in [-0.2, -0.15) is 0 Å². The number of rotatable bonds is 4. The third-order valence-electron chi connectivity index (χ3n) is 2.42. The lowest BCUT2D eigenvalue weighted by Gasteiger charge is -2.07. The highest BCUT2D eigenvalue weighted by atomic mass is 16.5. The lowest BCUT2D eigenvalue weighted by Crippen LogP contribution is -2.00. The number of nitrogens with zero attached hydrogens (tertiary/aromatic N) is 1. The van der Waals surface area contributed by atoms with Crippen molar-refractivity contribution in [1.29, 1.82) is 0 Å². The fraction of sp³-hybridized carbons (Fsp3) is 0.154. The van der Waals surface area contributed by atoms with Crippen LogP contribution in [-0.4, -0.2) is 12.1 Å². The van der Waals surface area contributed by atoms with Crippen molar-refractivity contribution in [2.45, 2.75) is 6.54 Å². The van der Waals surface area contributed by atoms with E-state index in [-0.39, 0.29) is 0 Å². The first-order valence-corrected chi connectivity index (χ1v) is 5.36. The first-order chi connectivity index (χ1) is 8.28. The van der Waals surface area contributed by atoms with Gasteiger partial charge >= 0.3 is 0 Å². The molecule has 1 aromatic carbocycles. The van der Waals surface area contributed by atoms with Crippen LogP contribution >= 0.6 is 0 Å². The highest BCUT2D eigenvalue weighted by molar-refractivity contribution is 5.51. The maximum Gasteiger partial charge on any atom is 0.213 e. The van der Waals surface area contributed by atoms with Crippen molar-refractivity contribution < 1.29 is 4.74 Å². The van der Waals surface area contributed by atoms with Crippen molar-refractivity contribution in [3.63, 3.8) is 0 Å². The van der Waals surface area contributed by atoms with E-state index in [2.05, 4.69) is 10.3 Å². The van der Waals surface area contributed by atoms with Crippen molar-refractivity contribution >= 4 is 11.4 Å². The minimum absolute atomic E-state index is 0.626. The Hall–Kier alpha value is -2.23. The summed E-state index contributed by atoms with van der Waals surface area (Å²) < 4.78 is 5.07. The van der Waals surface area contributed by atoms with Crippen LogP contribution in [0.2, 0.25) is 0 Å². The summed E-state index contributed by atoms with van der Waals surface area (Å²) in [5.74, 6) is 0.626. The van der Waals surface area contributed by atoms with E-state index in [1.54, 1.807) is 13.3 Å². The number of ether oxygens (including phenoxy) is 1. The lowest BCUT2D eigenvalue weighted by atomic mass is 10.2. The molecule has 0 saturated carbocycles. The van der Waals surface area contributed by atoms with Gasteiger partial charge in [0.2, 0.25) is 5.88 Å². The summed E-state index contributed by atoms with van der Waals surface area (Å²) in [6.45, 7) is 0.725. The summed E-state index contributed by atoms with van der Waals surface area (Å²) in [5.41, 5.74) is 8.54. The van der Waals surface area contributed by atoms with Crippen molar-refractivity contribution in [2.24, 2.45) is 0 Å². The van der Waals surface area contributed by atoms with E-state index in [0.717, 1.165) is 23.5 Å². The van der Waals surface area contributed by atoms with Gasteiger partial charge in [0, 0.05) is 30.2 Å². The molecule has 0 unspecified atom stereocenters. The summed E-state index contributed by atoms with van der Waals surface area (Å²) in [4.78, 5) is 4.06. The van der Waals surface area contributed by atoms with Gasteiger partial charge in [-0.15, -0.1) is 0 Å². The second kappa shape index (κ2) is 5.21. The zero-order valence-electron chi connectivity index (χ0n) is 9.68. The van der Waals surface area contributed by atoms with Crippen LogP contribution in [0.4, 0.5) is 11.4 Å². The fourth-order valence-corrected chi connectivity index (χ4v) is 1.48. The van der Waals surface area contributed by atoms with Gasteiger partial charge in [0.25, 0.3) is 0 Å². The standard InChI is InChI=1S/C13H15N3O/c1-17-13-8-10(6-7-15-13)9-16-12-4-2-11(14)3-5-12/h2-8,16H,9,14H2,1H3. The number of hydrogen-bond acceptors (Lipinski definition) is 4. The Kier molecular flexibility index (Phi) is 3.45. The van der Waals surface area contributed by atoms with Crippen LogP contribution in [0.3, 0.4) is 0 Å². The molecule has 1 heterocycles. The number of anilines is 2. The van der Waals surface area contributed by atoms with E-state index in [1.165, 1.54) is 0 Å². The largest absolute Gasteiger partial charge is 0.481 e. The molecule has 3 N–H and O–H groups in total. The smallest absolute Gasteiger partial charge is 0.213 e. The Bertz CT molecular complexity index is 482. The Balaban J connectivity index is 1.99. The van der Waals surface area contributed by atoms with Crippen LogP contribution in [0, 0.1) is 0 Å². The molecule has 2 rings (SSSR count). The van der Waals surface area contributed by atoms with Gasteiger partial charge in [0.1, 0.15) is 0 Å². The van der Waals surface area contributed by atoms with Gasteiger partial charge in [-0.1, -0.05) is 0 Å². The highest BCUT2D eigenvalue weighted by Crippen LogP contribution is 2.13. The molecule has 0 atom stereocenters. The topological polar surface area (TPSA) is 60.2 Å². The normalized spacial score (nSPS) is 9.94. The molecule has 4 nitrogen and oxygen atoms in total. The molecule has 17 heavy (non-hydrogen) atoms. The quantitative estimate of drug-likeness (QED) is 0.790. The molecule has 4 heteroatoms. The van der Waals surface area contributed by atoms with Crippen LogP contribution < -0.4 is 15.8 Å². The van der Waals surface area contributed by atoms with E-state index in [1.807, 2.05) is 36.4 Å². The first kappa shape index (κ1) is 11.3. The number of benzene rings is 1. The molecular formula is C13H15N3O. The Morgan fingerprint density at radius 2 is 2.00 bits per heavy atom. The molecule has 0 aliphatic carbocycles. The second-order valence-electron chi connectivity index (χ2n) is 3.68. The molecule has 2 aromatic rings. The van der Waals surface area contributed by atoms with Crippen LogP contribution in [0.15, 0.2) is 42.6 Å². The van der Waals surface area contributed by atoms with E-state index in [4.69, 9.17) is 10.5 Å². The van der Waals surface area contributed by atoms with Crippen LogP contribution in [0.25, 0.3) is 0 Å². The molecule has 0 fully saturated rings. The number of pyridine rings is 1. The van der Waals surface area contributed by atoms with E-state index in [0.29, 0.717) is 5.88 Å². The summed E-state index contributed by atoms with van der Waals surface area (Å²) in [7, 11) is 1.61. The Morgan fingerprint density at radius 3 is 2.71 bits per heavy atom. The summed E-state index contributed by atoms with van der Waals surface area (Å²) in [6, 6.07) is 11.5. The minimum Gasteiger partial charge on any atom is -0.481 e. The summed E-state index contributed by atoms with van der Waals surface area (Å²) in [5, 5.41) is 3.30. The highest BCUT2D eigenvalue weighted by Gasteiger charge is 1.97. The zero-order valence-corrected chi connectivity index (χ0v) is 9.68. The number of methoxy groups -OCH3 is 1. The molecule has 0 saturated heterocycles. The monoisotopic (exact) mass is 229 g/mol. The summed E-state index contributed by atoms with van der Waals surface area (Å²) in [6.07, 6.45) is 1.73. The van der Waals surface area contributed by atoms with Gasteiger partial charge < -0.3 is 15.8 Å². The van der Waals surface area contributed by atoms with Crippen LogP contribution in [-0.2, 0) is 6.54 Å². The van der Waals surface area contributed by atoms with E-state index < -0.39 is 0 Å². The number of hydrogen-bond donors (Lipinski definition) is 2. The maximum absolute atomic E-state index is 5.62. The van der Waals surface area contributed by atoms with Crippen molar-refractivity contribution in [1.82, 2.24) is 4.98 Å². The first-order valence-electron chi connectivity index (χ1n) is 5.36. The predicted octanol–water partition coefficient (Wildman–Crippen LogP) is 2.28. The van der Waals surface area contributed by atoms with E-state index in [9.17, 15) is 0 Å². The Morgan fingerprint density at radius 1 is 1.24 bits per heavy atom. The number of nitrogens with two attached hydrogens (primary N) is 1. The second-order valence-corrected chi connectivity index (χ2v) is 3.68. The molecule has 1 aromatic heterocycles. The zero-order chi connectivity index (χ0) is 12.1. The van der Waals surface area contributed by atoms with Crippen LogP contribution in [0.1, 0.15) is 5.56 Å². The third kappa shape index (κ3) is 3.11. The predicted molar refractivity (Wildman–Crippen MR) is 69.0 cm³/mol. The van der Waals surface area contributed by atoms with Crippen molar-refractivity contribution in [3.05, 3.63) is 48.2 Å². The average Bonchev–Trinajstić information content (AvgIpc) is 2.38. The molecule has 0 spiro atoms.